The van der Waals surface area contributed by atoms with Crippen LogP contribution in [0.25, 0.3) is 11.3 Å². The monoisotopic (exact) mass is 317 g/mol. The number of ether oxygens (including phenoxy) is 1. The fraction of sp³-hybridized carbons (Fsp3) is 0.231. The highest BCUT2D eigenvalue weighted by Crippen LogP contribution is 2.24. The molecule has 21 heavy (non-hydrogen) atoms. The molecule has 0 aliphatic carbocycles. The highest BCUT2D eigenvalue weighted by Gasteiger charge is 2.27. The number of carboxylic acid groups (broad SMARTS) is 1. The highest BCUT2D eigenvalue weighted by molar-refractivity contribution is 7.09. The lowest BCUT2D eigenvalue weighted by Crippen LogP contribution is -2.16. The Bertz CT molecular complexity index is 640. The number of halogens is 3. The van der Waals surface area contributed by atoms with Gasteiger partial charge < -0.3 is 9.84 Å². The maximum absolute atomic E-state index is 12.0. The Labute approximate surface area is 121 Å². The van der Waals surface area contributed by atoms with Crippen LogP contribution in [0.15, 0.2) is 29.6 Å². The van der Waals surface area contributed by atoms with E-state index in [-0.39, 0.29) is 12.2 Å². The number of alkyl halides is 3. The van der Waals surface area contributed by atoms with Crippen LogP contribution in [-0.4, -0.2) is 28.8 Å². The molecule has 0 saturated heterocycles. The van der Waals surface area contributed by atoms with E-state index in [1.54, 1.807) is 17.5 Å². The van der Waals surface area contributed by atoms with Crippen LogP contribution in [0.1, 0.15) is 15.4 Å². The minimum absolute atomic E-state index is 0.121. The Balaban J connectivity index is 2.06. The standard InChI is InChI=1S/C13H10F3NO3S/c14-13(15,16)7-20-5-11-17-10(6-21-11)8-2-1-3-9(4-8)12(18)19/h1-4,6H,5,7H2,(H,18,19). The summed E-state index contributed by atoms with van der Waals surface area (Å²) >= 11 is 1.16. The SMILES string of the molecule is O=C(O)c1cccc(-c2csc(COCC(F)(F)F)n2)c1. The first-order chi connectivity index (χ1) is 9.85. The van der Waals surface area contributed by atoms with Crippen molar-refractivity contribution in [3.63, 3.8) is 0 Å². The number of carbonyl (C=O) groups is 1. The zero-order chi connectivity index (χ0) is 15.5. The molecule has 8 heteroatoms. The Morgan fingerprint density at radius 1 is 1.38 bits per heavy atom. The van der Waals surface area contributed by atoms with E-state index >= 15 is 0 Å². The molecule has 0 radical (unpaired) electrons. The van der Waals surface area contributed by atoms with Gasteiger partial charge in [-0.05, 0) is 12.1 Å². The van der Waals surface area contributed by atoms with E-state index in [1.807, 2.05) is 0 Å². The number of nitrogens with zero attached hydrogens (tertiary/aromatic N) is 1. The molecule has 0 aliphatic heterocycles. The molecule has 0 fully saturated rings. The maximum atomic E-state index is 12.0. The van der Waals surface area contributed by atoms with Gasteiger partial charge in [0.15, 0.2) is 0 Å². The van der Waals surface area contributed by atoms with Crippen LogP contribution in [0.4, 0.5) is 13.2 Å². The molecule has 0 atom stereocenters. The van der Waals surface area contributed by atoms with Crippen LogP contribution in [0, 0.1) is 0 Å². The second kappa shape index (κ2) is 6.23. The number of hydrogen-bond donors (Lipinski definition) is 1. The van der Waals surface area contributed by atoms with Crippen molar-refractivity contribution in [3.8, 4) is 11.3 Å². The molecule has 4 nitrogen and oxygen atoms in total. The fourth-order valence-corrected chi connectivity index (χ4v) is 2.31. The maximum Gasteiger partial charge on any atom is 0.411 e. The first-order valence-electron chi connectivity index (χ1n) is 5.78. The van der Waals surface area contributed by atoms with E-state index in [0.29, 0.717) is 16.3 Å². The van der Waals surface area contributed by atoms with E-state index in [4.69, 9.17) is 5.11 Å². The predicted molar refractivity (Wildman–Crippen MR) is 70.2 cm³/mol. The summed E-state index contributed by atoms with van der Waals surface area (Å²) in [5.74, 6) is -1.05. The van der Waals surface area contributed by atoms with Crippen LogP contribution in [0.3, 0.4) is 0 Å². The summed E-state index contributed by atoms with van der Waals surface area (Å²) in [6, 6.07) is 6.17. The zero-order valence-electron chi connectivity index (χ0n) is 10.6. The van der Waals surface area contributed by atoms with E-state index in [9.17, 15) is 18.0 Å². The van der Waals surface area contributed by atoms with Crippen LogP contribution < -0.4 is 0 Å². The summed E-state index contributed by atoms with van der Waals surface area (Å²) in [6.07, 6.45) is -4.37. The molecule has 2 rings (SSSR count). The van der Waals surface area contributed by atoms with Crippen LogP contribution in [-0.2, 0) is 11.3 Å². The largest absolute Gasteiger partial charge is 0.478 e. The molecule has 0 saturated carbocycles. The van der Waals surface area contributed by atoms with Gasteiger partial charge >= 0.3 is 12.1 Å². The number of benzene rings is 1. The lowest BCUT2D eigenvalue weighted by molar-refractivity contribution is -0.176. The van der Waals surface area contributed by atoms with E-state index in [0.717, 1.165) is 11.3 Å². The third kappa shape index (κ3) is 4.54. The van der Waals surface area contributed by atoms with Crippen LogP contribution in [0.2, 0.25) is 0 Å². The number of rotatable bonds is 5. The zero-order valence-corrected chi connectivity index (χ0v) is 11.4. The second-order valence-electron chi connectivity index (χ2n) is 4.12. The normalized spacial score (nSPS) is 11.6. The number of hydrogen-bond acceptors (Lipinski definition) is 4. The van der Waals surface area contributed by atoms with Crippen molar-refractivity contribution >= 4 is 17.3 Å². The Kier molecular flexibility index (Phi) is 4.59. The molecule has 0 amide bonds. The van der Waals surface area contributed by atoms with Crippen molar-refractivity contribution in [2.45, 2.75) is 12.8 Å². The molecule has 0 bridgehead atoms. The second-order valence-corrected chi connectivity index (χ2v) is 5.06. The molecular weight excluding hydrogens is 307 g/mol. The summed E-state index contributed by atoms with van der Waals surface area (Å²) in [6.45, 7) is -1.56. The van der Waals surface area contributed by atoms with Crippen molar-refractivity contribution in [2.75, 3.05) is 6.61 Å². The number of aromatic nitrogens is 1. The number of aromatic carboxylic acids is 1. The van der Waals surface area contributed by atoms with E-state index in [1.165, 1.54) is 12.1 Å². The quantitative estimate of drug-likeness (QED) is 0.915. The summed E-state index contributed by atoms with van der Waals surface area (Å²) in [5.41, 5.74) is 1.22. The molecule has 1 N–H and O–H groups in total. The topological polar surface area (TPSA) is 59.4 Å². The predicted octanol–water partition coefficient (Wildman–Crippen LogP) is 3.59. The Morgan fingerprint density at radius 3 is 2.81 bits per heavy atom. The minimum atomic E-state index is -4.37. The van der Waals surface area contributed by atoms with Gasteiger partial charge in [0.05, 0.1) is 17.9 Å². The molecule has 2 aromatic rings. The van der Waals surface area contributed by atoms with Gasteiger partial charge in [0.2, 0.25) is 0 Å². The summed E-state index contributed by atoms with van der Waals surface area (Å²) in [5, 5.41) is 11.0. The molecule has 0 unspecified atom stereocenters. The van der Waals surface area contributed by atoms with E-state index < -0.39 is 18.8 Å². The molecule has 0 spiro atoms. The van der Waals surface area contributed by atoms with Gasteiger partial charge in [-0.15, -0.1) is 11.3 Å². The van der Waals surface area contributed by atoms with Gasteiger partial charge in [0.25, 0.3) is 0 Å². The molecular formula is C13H10F3NO3S. The summed E-state index contributed by atoms with van der Waals surface area (Å²) < 4.78 is 40.4. The lowest BCUT2D eigenvalue weighted by atomic mass is 10.1. The van der Waals surface area contributed by atoms with Crippen molar-refractivity contribution in [1.82, 2.24) is 4.98 Å². The van der Waals surface area contributed by atoms with Gasteiger partial charge in [0, 0.05) is 10.9 Å². The highest BCUT2D eigenvalue weighted by atomic mass is 32.1. The van der Waals surface area contributed by atoms with Crippen molar-refractivity contribution in [2.24, 2.45) is 0 Å². The third-order valence-electron chi connectivity index (χ3n) is 2.45. The molecule has 1 aromatic carbocycles. The third-order valence-corrected chi connectivity index (χ3v) is 3.27. The summed E-state index contributed by atoms with van der Waals surface area (Å²) in [7, 11) is 0. The van der Waals surface area contributed by atoms with E-state index in [2.05, 4.69) is 9.72 Å². The molecule has 112 valence electrons. The number of thiazole rings is 1. The van der Waals surface area contributed by atoms with Crippen molar-refractivity contribution in [3.05, 3.63) is 40.2 Å². The fourth-order valence-electron chi connectivity index (χ4n) is 1.58. The minimum Gasteiger partial charge on any atom is -0.478 e. The number of carboxylic acids is 1. The van der Waals surface area contributed by atoms with Crippen molar-refractivity contribution < 1.29 is 27.8 Å². The van der Waals surface area contributed by atoms with Gasteiger partial charge in [-0.3, -0.25) is 0 Å². The van der Waals surface area contributed by atoms with Crippen LogP contribution >= 0.6 is 11.3 Å². The Morgan fingerprint density at radius 2 is 2.14 bits per heavy atom. The van der Waals surface area contributed by atoms with Crippen molar-refractivity contribution in [1.29, 1.82) is 0 Å². The summed E-state index contributed by atoms with van der Waals surface area (Å²) in [4.78, 5) is 15.0. The smallest absolute Gasteiger partial charge is 0.411 e. The van der Waals surface area contributed by atoms with Gasteiger partial charge in [-0.1, -0.05) is 12.1 Å². The molecule has 0 aliphatic rings. The average molecular weight is 317 g/mol. The first kappa shape index (κ1) is 15.5. The van der Waals surface area contributed by atoms with Crippen LogP contribution in [0.5, 0.6) is 0 Å². The first-order valence-corrected chi connectivity index (χ1v) is 6.66. The lowest BCUT2D eigenvalue weighted by Gasteiger charge is -2.05. The molecule has 1 heterocycles. The Hall–Kier alpha value is -1.93. The average Bonchev–Trinajstić information content (AvgIpc) is 2.86. The molecule has 1 aromatic heterocycles. The van der Waals surface area contributed by atoms with Gasteiger partial charge in [-0.25, -0.2) is 9.78 Å². The van der Waals surface area contributed by atoms with Gasteiger partial charge in [0.1, 0.15) is 11.6 Å². The van der Waals surface area contributed by atoms with Gasteiger partial charge in [-0.2, -0.15) is 13.2 Å².